The van der Waals surface area contributed by atoms with Crippen molar-refractivity contribution < 1.29 is 9.90 Å². The van der Waals surface area contributed by atoms with Gasteiger partial charge in [0.2, 0.25) is 5.91 Å². The van der Waals surface area contributed by atoms with Crippen molar-refractivity contribution in [2.75, 3.05) is 6.54 Å². The number of halogens is 1. The Morgan fingerprint density at radius 3 is 2.80 bits per heavy atom. The van der Waals surface area contributed by atoms with Crippen molar-refractivity contribution in [1.82, 2.24) is 4.90 Å². The van der Waals surface area contributed by atoms with E-state index in [0.29, 0.717) is 6.42 Å². The molecule has 1 N–H and O–H groups in total. The van der Waals surface area contributed by atoms with Crippen LogP contribution >= 0.6 is 22.6 Å². The molecule has 0 saturated carbocycles. The summed E-state index contributed by atoms with van der Waals surface area (Å²) in [6.45, 7) is 4.91. The average molecular weight is 385 g/mol. The van der Waals surface area contributed by atoms with Gasteiger partial charge in [0.05, 0.1) is 12.1 Å². The van der Waals surface area contributed by atoms with Gasteiger partial charge >= 0.3 is 0 Å². The number of likely N-dealkylation sites (tertiary alicyclic amines) is 1. The number of piperidine rings is 1. The summed E-state index contributed by atoms with van der Waals surface area (Å²) in [6, 6.07) is 6.12. The average Bonchev–Trinajstić information content (AvgIpc) is 2.60. The standard InChI is InChI=1S/C16H20INO2/c1-16(2)12-9-10(17)6-7-11(12)14(15(16)20)18-8-4-3-5-13(18)19/h6-7,9,14-15,20H,3-5,8H2,1-2H3/t14-,15+/m1/s1. The Hall–Kier alpha value is -0.620. The van der Waals surface area contributed by atoms with E-state index in [1.165, 1.54) is 9.13 Å². The molecule has 0 radical (unpaired) electrons. The van der Waals surface area contributed by atoms with Crippen LogP contribution < -0.4 is 0 Å². The fourth-order valence-corrected chi connectivity index (χ4v) is 4.02. The number of fused-ring (bicyclic) bond motifs is 1. The van der Waals surface area contributed by atoms with Gasteiger partial charge in [0.1, 0.15) is 0 Å². The van der Waals surface area contributed by atoms with Gasteiger partial charge in [-0.2, -0.15) is 0 Å². The molecule has 0 spiro atoms. The van der Waals surface area contributed by atoms with E-state index in [9.17, 15) is 9.90 Å². The van der Waals surface area contributed by atoms with Crippen LogP contribution in [-0.4, -0.2) is 28.6 Å². The molecule has 20 heavy (non-hydrogen) atoms. The Morgan fingerprint density at radius 1 is 1.35 bits per heavy atom. The summed E-state index contributed by atoms with van der Waals surface area (Å²) < 4.78 is 1.17. The first kappa shape index (κ1) is 14.3. The van der Waals surface area contributed by atoms with Crippen LogP contribution in [-0.2, 0) is 10.2 Å². The number of nitrogens with zero attached hydrogens (tertiary/aromatic N) is 1. The SMILES string of the molecule is CC1(C)c2cc(I)ccc2[C@@H](N2CCCCC2=O)[C@@H]1O. The topological polar surface area (TPSA) is 40.5 Å². The van der Waals surface area contributed by atoms with E-state index in [-0.39, 0.29) is 17.4 Å². The second-order valence-electron chi connectivity index (χ2n) is 6.39. The first-order valence-corrected chi connectivity index (χ1v) is 8.28. The predicted octanol–water partition coefficient (Wildman–Crippen LogP) is 3.00. The van der Waals surface area contributed by atoms with E-state index in [2.05, 4.69) is 54.6 Å². The maximum absolute atomic E-state index is 12.2. The molecule has 108 valence electrons. The molecule has 0 aromatic heterocycles. The molecular formula is C16H20INO2. The normalized spacial score (nSPS) is 28.6. The molecule has 1 amide bonds. The van der Waals surface area contributed by atoms with Crippen LogP contribution in [0.5, 0.6) is 0 Å². The minimum Gasteiger partial charge on any atom is -0.390 e. The number of hydrogen-bond acceptors (Lipinski definition) is 2. The van der Waals surface area contributed by atoms with Crippen molar-refractivity contribution in [3.8, 4) is 0 Å². The molecule has 3 nitrogen and oxygen atoms in total. The molecular weight excluding hydrogens is 365 g/mol. The number of carbonyl (C=O) groups is 1. The van der Waals surface area contributed by atoms with Gasteiger partial charge in [-0.05, 0) is 58.7 Å². The number of carbonyl (C=O) groups excluding carboxylic acids is 1. The lowest BCUT2D eigenvalue weighted by atomic mass is 9.84. The highest BCUT2D eigenvalue weighted by molar-refractivity contribution is 14.1. The van der Waals surface area contributed by atoms with Crippen LogP contribution in [0.15, 0.2) is 18.2 Å². The van der Waals surface area contributed by atoms with E-state index in [4.69, 9.17) is 0 Å². The Morgan fingerprint density at radius 2 is 2.10 bits per heavy atom. The van der Waals surface area contributed by atoms with Crippen LogP contribution in [0.4, 0.5) is 0 Å². The third-order valence-corrected chi connectivity index (χ3v) is 5.43. The van der Waals surface area contributed by atoms with Crippen molar-refractivity contribution in [2.45, 2.75) is 50.7 Å². The van der Waals surface area contributed by atoms with E-state index in [1.54, 1.807) is 0 Å². The quantitative estimate of drug-likeness (QED) is 0.756. The van der Waals surface area contributed by atoms with E-state index in [1.807, 2.05) is 4.90 Å². The van der Waals surface area contributed by atoms with Crippen LogP contribution in [0.3, 0.4) is 0 Å². The van der Waals surface area contributed by atoms with Gasteiger partial charge in [-0.25, -0.2) is 0 Å². The molecule has 1 aliphatic carbocycles. The Balaban J connectivity index is 2.07. The molecule has 3 rings (SSSR count). The molecule has 1 aromatic carbocycles. The molecule has 1 heterocycles. The van der Waals surface area contributed by atoms with Crippen LogP contribution in [0.2, 0.25) is 0 Å². The van der Waals surface area contributed by atoms with Crippen molar-refractivity contribution in [3.05, 3.63) is 32.9 Å². The fraction of sp³-hybridized carbons (Fsp3) is 0.562. The van der Waals surface area contributed by atoms with Gasteiger partial charge in [0.15, 0.2) is 0 Å². The summed E-state index contributed by atoms with van der Waals surface area (Å²) in [5.74, 6) is 0.183. The Kier molecular flexibility index (Phi) is 3.57. The summed E-state index contributed by atoms with van der Waals surface area (Å²) in [4.78, 5) is 14.1. The Bertz CT molecular complexity index is 555. The summed E-state index contributed by atoms with van der Waals surface area (Å²) >= 11 is 2.30. The number of aliphatic hydroxyl groups is 1. The third-order valence-electron chi connectivity index (χ3n) is 4.76. The van der Waals surface area contributed by atoms with Crippen molar-refractivity contribution in [1.29, 1.82) is 0 Å². The maximum atomic E-state index is 12.2. The first-order chi connectivity index (χ1) is 9.43. The zero-order valence-electron chi connectivity index (χ0n) is 11.9. The lowest BCUT2D eigenvalue weighted by molar-refractivity contribution is -0.139. The first-order valence-electron chi connectivity index (χ1n) is 7.20. The van der Waals surface area contributed by atoms with Crippen molar-refractivity contribution in [3.63, 3.8) is 0 Å². The Labute approximate surface area is 133 Å². The molecule has 2 atom stereocenters. The largest absolute Gasteiger partial charge is 0.390 e. The molecule has 1 aliphatic heterocycles. The molecule has 0 unspecified atom stereocenters. The highest BCUT2D eigenvalue weighted by Crippen LogP contribution is 2.48. The lowest BCUT2D eigenvalue weighted by Crippen LogP contribution is -2.44. The number of rotatable bonds is 1. The van der Waals surface area contributed by atoms with Crippen LogP contribution in [0.25, 0.3) is 0 Å². The van der Waals surface area contributed by atoms with Gasteiger partial charge in [0, 0.05) is 22.0 Å². The number of hydrogen-bond donors (Lipinski definition) is 1. The summed E-state index contributed by atoms with van der Waals surface area (Å²) in [6.07, 6.45) is 2.09. The van der Waals surface area contributed by atoms with Crippen molar-refractivity contribution in [2.24, 2.45) is 0 Å². The molecule has 1 fully saturated rings. The number of aliphatic hydroxyl groups excluding tert-OH is 1. The molecule has 1 aromatic rings. The van der Waals surface area contributed by atoms with Gasteiger partial charge in [-0.15, -0.1) is 0 Å². The number of benzene rings is 1. The minimum absolute atomic E-state index is 0.176. The van der Waals surface area contributed by atoms with E-state index in [0.717, 1.165) is 24.9 Å². The second kappa shape index (κ2) is 4.98. The van der Waals surface area contributed by atoms with Gasteiger partial charge in [-0.3, -0.25) is 4.79 Å². The maximum Gasteiger partial charge on any atom is 0.223 e. The molecule has 1 saturated heterocycles. The number of amides is 1. The predicted molar refractivity (Wildman–Crippen MR) is 86.5 cm³/mol. The van der Waals surface area contributed by atoms with Gasteiger partial charge < -0.3 is 10.0 Å². The molecule has 2 aliphatic rings. The summed E-state index contributed by atoms with van der Waals surface area (Å²) in [5, 5.41) is 10.8. The van der Waals surface area contributed by atoms with Crippen LogP contribution in [0.1, 0.15) is 50.3 Å². The summed E-state index contributed by atoms with van der Waals surface area (Å²) in [5.41, 5.74) is 2.00. The monoisotopic (exact) mass is 385 g/mol. The van der Waals surface area contributed by atoms with Gasteiger partial charge in [-0.1, -0.05) is 19.9 Å². The van der Waals surface area contributed by atoms with Crippen molar-refractivity contribution >= 4 is 28.5 Å². The van der Waals surface area contributed by atoms with Crippen LogP contribution in [0, 0.1) is 3.57 Å². The van der Waals surface area contributed by atoms with Gasteiger partial charge in [0.25, 0.3) is 0 Å². The second-order valence-corrected chi connectivity index (χ2v) is 7.63. The summed E-state index contributed by atoms with van der Waals surface area (Å²) in [7, 11) is 0. The third kappa shape index (κ3) is 2.08. The molecule has 4 heteroatoms. The molecule has 0 bridgehead atoms. The van der Waals surface area contributed by atoms with E-state index >= 15 is 0 Å². The fourth-order valence-electron chi connectivity index (χ4n) is 3.53. The van der Waals surface area contributed by atoms with E-state index < -0.39 is 6.10 Å². The minimum atomic E-state index is -0.530. The highest BCUT2D eigenvalue weighted by atomic mass is 127. The smallest absolute Gasteiger partial charge is 0.223 e. The lowest BCUT2D eigenvalue weighted by Gasteiger charge is -2.37. The highest BCUT2D eigenvalue weighted by Gasteiger charge is 2.49. The zero-order valence-corrected chi connectivity index (χ0v) is 14.1. The zero-order chi connectivity index (χ0) is 14.5.